The van der Waals surface area contributed by atoms with Crippen LogP contribution in [0.1, 0.15) is 157 Å². The molecule has 0 amide bonds. The van der Waals surface area contributed by atoms with Crippen molar-refractivity contribution in [1.29, 1.82) is 0 Å². The number of carbonyl (C=O) groups excluding carboxylic acids is 4. The number of carboxylic acids is 1. The minimum atomic E-state index is -3.19. The van der Waals surface area contributed by atoms with Gasteiger partial charge in [0.15, 0.2) is 29.5 Å². The number of aromatic nitrogens is 5. The minimum Gasteiger partial charge on any atom is -0.870 e. The molecule has 3 aliphatic heterocycles. The molecule has 3 N–H and O–H groups in total. The number of hydrogen-bond donors (Lipinski definition) is 2. The van der Waals surface area contributed by atoms with Crippen LogP contribution in [0.4, 0.5) is 11.6 Å². The fourth-order valence-corrected chi connectivity index (χ4v) is 13.8. The number of anilines is 2. The summed E-state index contributed by atoms with van der Waals surface area (Å²) in [5.74, 6) is -2.57. The maximum absolute atomic E-state index is 12.0. The number of esters is 4. The fraction of sp³-hybridized carbons (Fsp3) is 0.524. The predicted molar refractivity (Wildman–Crippen MR) is 363 cm³/mol. The fourth-order valence-electron chi connectivity index (χ4n) is 10.6. The van der Waals surface area contributed by atoms with E-state index < -0.39 is 59.4 Å². The van der Waals surface area contributed by atoms with E-state index in [0.717, 1.165) is 81.2 Å². The van der Waals surface area contributed by atoms with E-state index >= 15 is 0 Å². The van der Waals surface area contributed by atoms with Gasteiger partial charge in [0.05, 0.1) is 85.2 Å². The van der Waals surface area contributed by atoms with Crippen molar-refractivity contribution >= 4 is 122 Å². The molecule has 0 unspecified atom stereocenters. The average molecular weight is 1530 g/mol. The molecule has 25 nitrogen and oxygen atoms in total. The second-order valence-electron chi connectivity index (χ2n) is 24.3. The molecule has 522 valence electrons. The summed E-state index contributed by atoms with van der Waals surface area (Å²) in [5, 5.41) is 13.6. The van der Waals surface area contributed by atoms with E-state index in [2.05, 4.69) is 65.3 Å². The molecule has 96 heavy (non-hydrogen) atoms. The van der Waals surface area contributed by atoms with Crippen molar-refractivity contribution in [2.75, 3.05) is 96.3 Å². The zero-order chi connectivity index (χ0) is 69.4. The van der Waals surface area contributed by atoms with Gasteiger partial charge in [-0.25, -0.2) is 74.1 Å². The number of nitrogens with zero attached hydrogens (tertiary/aromatic N) is 7. The van der Waals surface area contributed by atoms with Crippen LogP contribution >= 0.6 is 50.7 Å². The first-order chi connectivity index (χ1) is 44.2. The van der Waals surface area contributed by atoms with Gasteiger partial charge in [0.1, 0.15) is 38.2 Å². The Hall–Kier alpha value is -5.18. The van der Waals surface area contributed by atoms with Gasteiger partial charge in [-0.05, 0) is 174 Å². The smallest absolute Gasteiger partial charge is 0.870 e. The maximum Gasteiger partial charge on any atom is 1.00 e. The van der Waals surface area contributed by atoms with Crippen LogP contribution in [-0.4, -0.2) is 177 Å². The van der Waals surface area contributed by atoms with Gasteiger partial charge in [-0.3, -0.25) is 0 Å². The topological polar surface area (TPSA) is 358 Å². The van der Waals surface area contributed by atoms with Crippen LogP contribution in [0.3, 0.4) is 0 Å². The number of carbonyl (C=O) groups is 5. The Labute approximate surface area is 606 Å². The Morgan fingerprint density at radius 1 is 0.469 bits per heavy atom. The first kappa shape index (κ1) is 83.2. The van der Waals surface area contributed by atoms with Gasteiger partial charge in [-0.2, -0.15) is 0 Å². The molecule has 6 fully saturated rings. The summed E-state index contributed by atoms with van der Waals surface area (Å²) in [6.45, 7) is 7.62. The molecular formula is C63H81BrCl3N8NaO17S3. The van der Waals surface area contributed by atoms with Gasteiger partial charge in [0.2, 0.25) is 0 Å². The maximum atomic E-state index is 12.0. The standard InChI is InChI=1S/C16H22N2O4S.C15H20N2O4S.C9H10ClNO4S.C8H7BrClNO2.C8H8ClNO2.C7H13N.Na.H2O/c1-22-15(19)13-4-3-12(11-23(2,20)21)17-14(13)18-9-7-16(5-6-16)8-10-18;1-22(20,21)10-11-2-3-12(14(18)19)13(16-11)17-8-6-15(4-5-15)7-9-17;1-15-9(12)7-4-3-6(11-8(7)10)5-16(2,13)14;1-13-8(12)6-3-2-5(4-9)11-7(6)10;1-5-3-4-6(7(9)10-5)8(11)12-2;1-2-7(1)3-5-8-6-4-7;;/h3-4H,5-11H2,1-2H3;2-3H,4-10H2,1H3,(H,18,19);3-4H,5H2,1-2H3;2-3H,4H2,1H3;3-4H,1-2H3;8H,1-6H2;;1H2/q;;;;;;+1;/p-1. The average Bonchev–Trinajstić information content (AvgIpc) is 1.62. The number of aryl methyl sites for hydroxylation is 1. The number of ether oxygens (including phenoxy) is 4. The van der Waals surface area contributed by atoms with Crippen LogP contribution < -0.4 is 44.7 Å². The molecule has 3 spiro atoms. The van der Waals surface area contributed by atoms with Gasteiger partial charge in [0, 0.05) is 56.0 Å². The molecule has 3 aliphatic carbocycles. The van der Waals surface area contributed by atoms with Gasteiger partial charge in [-0.1, -0.05) is 50.7 Å². The first-order valence-corrected chi connectivity index (χ1v) is 38.4. The van der Waals surface area contributed by atoms with Gasteiger partial charge in [0.25, 0.3) is 0 Å². The molecule has 0 aromatic carbocycles. The molecule has 11 rings (SSSR count). The van der Waals surface area contributed by atoms with Gasteiger partial charge < -0.3 is 44.6 Å². The van der Waals surface area contributed by atoms with E-state index in [1.54, 1.807) is 43.3 Å². The second kappa shape index (κ2) is 36.8. The largest absolute Gasteiger partial charge is 1.00 e. The molecule has 0 atom stereocenters. The number of sulfone groups is 3. The summed E-state index contributed by atoms with van der Waals surface area (Å²) < 4.78 is 86.2. The Morgan fingerprint density at radius 2 is 0.760 bits per heavy atom. The molecule has 3 saturated carbocycles. The summed E-state index contributed by atoms with van der Waals surface area (Å²) in [5.41, 5.74) is 5.81. The molecule has 5 aromatic heterocycles. The molecule has 0 radical (unpaired) electrons. The zero-order valence-corrected chi connectivity index (χ0v) is 63.5. The van der Waals surface area contributed by atoms with Gasteiger partial charge >= 0.3 is 59.4 Å². The van der Waals surface area contributed by atoms with Crippen molar-refractivity contribution in [3.63, 3.8) is 0 Å². The van der Waals surface area contributed by atoms with E-state index in [-0.39, 0.29) is 84.4 Å². The number of aromatic carboxylic acids is 1. The van der Waals surface area contributed by atoms with Crippen molar-refractivity contribution in [1.82, 2.24) is 30.2 Å². The third-order valence-corrected chi connectivity index (χ3v) is 20.6. The van der Waals surface area contributed by atoms with Crippen molar-refractivity contribution in [3.8, 4) is 0 Å². The van der Waals surface area contributed by atoms with E-state index in [4.69, 9.17) is 39.5 Å². The van der Waals surface area contributed by atoms with E-state index in [1.165, 1.54) is 123 Å². The summed E-state index contributed by atoms with van der Waals surface area (Å²) in [4.78, 5) is 81.2. The summed E-state index contributed by atoms with van der Waals surface area (Å²) in [6.07, 6.45) is 18.8. The number of pyridine rings is 5. The van der Waals surface area contributed by atoms with Crippen LogP contribution in [0, 0.1) is 23.2 Å². The Balaban J connectivity index is 0.000000251. The molecule has 6 aliphatic rings. The minimum absolute atomic E-state index is 0. The summed E-state index contributed by atoms with van der Waals surface area (Å²) in [7, 11) is -4.36. The molecule has 33 heteroatoms. The molecular weight excluding hydrogens is 1450 g/mol. The Morgan fingerprint density at radius 3 is 1.07 bits per heavy atom. The van der Waals surface area contributed by atoms with Crippen LogP contribution in [0.15, 0.2) is 60.7 Å². The van der Waals surface area contributed by atoms with E-state index in [0.29, 0.717) is 56.0 Å². The number of carboxylic acid groups (broad SMARTS) is 1. The summed E-state index contributed by atoms with van der Waals surface area (Å²) >= 11 is 20.4. The number of hydrogen-bond acceptors (Lipinski definition) is 24. The van der Waals surface area contributed by atoms with Crippen LogP contribution in [0.25, 0.3) is 0 Å². The number of piperidine rings is 3. The zero-order valence-electron chi connectivity index (χ0n) is 55.2. The molecule has 8 heterocycles. The monoisotopic (exact) mass is 1520 g/mol. The van der Waals surface area contributed by atoms with Crippen molar-refractivity contribution in [3.05, 3.63) is 132 Å². The van der Waals surface area contributed by atoms with Gasteiger partial charge in [-0.15, -0.1) is 0 Å². The Kier molecular flexibility index (Phi) is 31.9. The number of methoxy groups -OCH3 is 4. The summed E-state index contributed by atoms with van der Waals surface area (Å²) in [6, 6.07) is 15.6. The van der Waals surface area contributed by atoms with E-state index in [1.807, 2.05) is 4.90 Å². The number of halogens is 4. The number of rotatable bonds is 14. The molecule has 3 saturated heterocycles. The SMILES string of the molecule is C1CC2(CCN1)CC2.COC(=O)c1ccc(C)nc1Cl.COC(=O)c1ccc(CBr)nc1Cl.COC(=O)c1ccc(CS(C)(=O)=O)nc1Cl.COC(=O)c1ccc(CS(C)(=O)=O)nc1N1CCC2(CC1)CC2.CS(=O)(=O)Cc1ccc(C(=O)O)c(N2CCC3(CC2)CC3)n1.[Na+].[OH-]. The molecule has 5 aromatic rings. The quantitative estimate of drug-likeness (QED) is 0.0380. The molecule has 0 bridgehead atoms. The normalized spacial score (nSPS) is 16.5. The van der Waals surface area contributed by atoms with E-state index in [9.17, 15) is 54.3 Å². The third kappa shape index (κ3) is 26.2. The second-order valence-corrected chi connectivity index (χ2v) is 32.3. The van der Waals surface area contributed by atoms with Crippen LogP contribution in [0.5, 0.6) is 0 Å². The van der Waals surface area contributed by atoms with Crippen molar-refractivity contribution in [2.24, 2.45) is 16.2 Å². The third-order valence-electron chi connectivity index (χ3n) is 16.7. The van der Waals surface area contributed by atoms with Crippen LogP contribution in [0.2, 0.25) is 15.5 Å². The predicted octanol–water partition coefficient (Wildman–Crippen LogP) is 6.79. The first-order valence-electron chi connectivity index (χ1n) is 30.0. The number of nitrogens with one attached hydrogen (secondary N) is 1. The Bertz CT molecular complexity index is 3900. The van der Waals surface area contributed by atoms with Crippen molar-refractivity contribution in [2.45, 2.75) is 107 Å². The number of alkyl halides is 1. The van der Waals surface area contributed by atoms with Crippen molar-refractivity contribution < 1.29 is 108 Å². The van der Waals surface area contributed by atoms with Crippen LogP contribution in [-0.2, 0) is 71.0 Å².